The highest BCUT2D eigenvalue weighted by molar-refractivity contribution is 5.95. The molecule has 3 aliphatic carbocycles. The molecule has 0 spiro atoms. The van der Waals surface area contributed by atoms with Crippen molar-refractivity contribution >= 4 is 17.9 Å². The summed E-state index contributed by atoms with van der Waals surface area (Å²) in [5.74, 6) is -0.317. The highest BCUT2D eigenvalue weighted by Crippen LogP contribution is 2.74. The number of carbonyl (C=O) groups excluding carboxylic acids is 3. The third kappa shape index (κ3) is 2.87. The molecule has 5 rings (SSSR count). The molecule has 0 N–H and O–H groups in total. The first kappa shape index (κ1) is 24.1. The first-order valence-electron chi connectivity index (χ1n) is 12.5. The molecule has 0 aromatic carbocycles. The Kier molecular flexibility index (Phi) is 4.99. The zero-order valence-corrected chi connectivity index (χ0v) is 21.7. The molecule has 0 radical (unpaired) electrons. The summed E-state index contributed by atoms with van der Waals surface area (Å²) < 4.78 is 23.4. The molecule has 3 fully saturated rings. The van der Waals surface area contributed by atoms with Gasteiger partial charge in [0.15, 0.2) is 5.78 Å². The number of rotatable bonds is 2. The van der Waals surface area contributed by atoms with E-state index >= 15 is 0 Å². The zero-order chi connectivity index (χ0) is 25.6. The molecule has 1 aliphatic heterocycles. The van der Waals surface area contributed by atoms with Gasteiger partial charge in [-0.05, 0) is 55.6 Å². The minimum absolute atomic E-state index is 0.00398. The van der Waals surface area contributed by atoms with Crippen molar-refractivity contribution in [1.29, 1.82) is 0 Å². The Bertz CT molecular complexity index is 1100. The van der Waals surface area contributed by atoms with E-state index in [-0.39, 0.29) is 29.0 Å². The predicted octanol–water partition coefficient (Wildman–Crippen LogP) is 5.79. The SMILES string of the molecule is CC(=O)O[C@@H]1C[C@H]2C(C)(C)C(=O)C=C[C@]2(C)[C@H]2CC[C@@]3(C)[C@H](c4ccoc4)OC(=O)O[C@@]3(C)[C@@]21C. The molecule has 0 unspecified atom stereocenters. The van der Waals surface area contributed by atoms with Crippen LogP contribution >= 0.6 is 0 Å². The Hall–Kier alpha value is -2.57. The number of fused-ring (bicyclic) bond motifs is 5. The Labute approximate surface area is 206 Å². The maximum atomic E-state index is 13.0. The molecular formula is C28H36O7. The van der Waals surface area contributed by atoms with E-state index in [0.717, 1.165) is 18.4 Å². The molecule has 1 saturated heterocycles. The lowest BCUT2D eigenvalue weighted by atomic mass is 9.35. The van der Waals surface area contributed by atoms with E-state index in [2.05, 4.69) is 26.8 Å². The third-order valence-electron chi connectivity index (χ3n) is 10.7. The number of allylic oxidation sites excluding steroid dienone is 2. The van der Waals surface area contributed by atoms with Crippen LogP contribution < -0.4 is 0 Å². The quantitative estimate of drug-likeness (QED) is 0.491. The van der Waals surface area contributed by atoms with Gasteiger partial charge < -0.3 is 18.6 Å². The summed E-state index contributed by atoms with van der Waals surface area (Å²) in [6, 6.07) is 1.82. The first-order valence-corrected chi connectivity index (χ1v) is 12.5. The minimum atomic E-state index is -1.02. The van der Waals surface area contributed by atoms with Crippen molar-refractivity contribution in [2.45, 2.75) is 85.5 Å². The summed E-state index contributed by atoms with van der Waals surface area (Å²) in [5, 5.41) is 0. The Morgan fingerprint density at radius 2 is 1.80 bits per heavy atom. The summed E-state index contributed by atoms with van der Waals surface area (Å²) in [4.78, 5) is 38.3. The summed E-state index contributed by atoms with van der Waals surface area (Å²) in [6.45, 7) is 13.8. The Morgan fingerprint density at radius 1 is 1.09 bits per heavy atom. The Morgan fingerprint density at radius 3 is 2.43 bits per heavy atom. The molecular weight excluding hydrogens is 448 g/mol. The van der Waals surface area contributed by atoms with Gasteiger partial charge in [0.1, 0.15) is 17.8 Å². The first-order chi connectivity index (χ1) is 16.2. The van der Waals surface area contributed by atoms with Crippen molar-refractivity contribution < 1.29 is 33.0 Å². The van der Waals surface area contributed by atoms with Crippen LogP contribution in [0.3, 0.4) is 0 Å². The average Bonchev–Trinajstić information content (AvgIpc) is 3.29. The van der Waals surface area contributed by atoms with E-state index in [1.807, 2.05) is 26.8 Å². The van der Waals surface area contributed by atoms with E-state index in [1.165, 1.54) is 6.92 Å². The van der Waals surface area contributed by atoms with Crippen molar-refractivity contribution in [2.75, 3.05) is 0 Å². The Balaban J connectivity index is 1.72. The van der Waals surface area contributed by atoms with Gasteiger partial charge in [-0.2, -0.15) is 0 Å². The fraction of sp³-hybridized carbons (Fsp3) is 0.679. The van der Waals surface area contributed by atoms with Crippen LogP contribution in [0.5, 0.6) is 0 Å². The molecule has 7 nitrogen and oxygen atoms in total. The molecule has 0 amide bonds. The molecule has 7 heteroatoms. The van der Waals surface area contributed by atoms with Crippen LogP contribution in [0.1, 0.15) is 79.4 Å². The van der Waals surface area contributed by atoms with Crippen LogP contribution in [0.4, 0.5) is 4.79 Å². The van der Waals surface area contributed by atoms with Crippen molar-refractivity contribution in [3.8, 4) is 0 Å². The van der Waals surface area contributed by atoms with E-state index in [1.54, 1.807) is 18.6 Å². The number of hydrogen-bond acceptors (Lipinski definition) is 7. The minimum Gasteiger partial charge on any atom is -0.472 e. The van der Waals surface area contributed by atoms with Gasteiger partial charge in [-0.3, -0.25) is 9.59 Å². The van der Waals surface area contributed by atoms with Crippen LogP contribution in [-0.2, 0) is 23.8 Å². The van der Waals surface area contributed by atoms with Gasteiger partial charge in [0.05, 0.1) is 12.5 Å². The molecule has 2 heterocycles. The molecule has 8 atom stereocenters. The fourth-order valence-corrected chi connectivity index (χ4v) is 8.58. The number of esters is 1. The molecule has 190 valence electrons. The van der Waals surface area contributed by atoms with Crippen molar-refractivity contribution in [3.05, 3.63) is 36.3 Å². The number of ether oxygens (including phenoxy) is 3. The standard InChI is InChI=1S/C28H36O7/c1-16(29)33-21-14-19-24(2,3)20(30)9-11-25(19,4)18-8-12-26(5)22(17-10-13-32-15-17)34-23(31)35-28(26,7)27(18,21)6/h9-11,13,15,18-19,21-22H,8,12,14H2,1-7H3/t18-,19+,21-,22+,25-,26+,27+,28-/m1/s1. The molecule has 0 bridgehead atoms. The summed E-state index contributed by atoms with van der Waals surface area (Å²) in [5.41, 5.74) is -2.53. The molecule has 1 aromatic rings. The second-order valence-corrected chi connectivity index (χ2v) is 12.4. The van der Waals surface area contributed by atoms with Gasteiger partial charge in [-0.25, -0.2) is 4.79 Å². The summed E-state index contributed by atoms with van der Waals surface area (Å²) in [6.07, 6.45) is 7.18. The maximum absolute atomic E-state index is 13.0. The van der Waals surface area contributed by atoms with E-state index in [4.69, 9.17) is 18.6 Å². The van der Waals surface area contributed by atoms with Crippen LogP contribution in [0.15, 0.2) is 35.2 Å². The van der Waals surface area contributed by atoms with Gasteiger partial charge in [0, 0.05) is 28.7 Å². The lowest BCUT2D eigenvalue weighted by Gasteiger charge is -2.72. The summed E-state index contributed by atoms with van der Waals surface area (Å²) >= 11 is 0. The molecule has 1 aromatic heterocycles. The molecule has 35 heavy (non-hydrogen) atoms. The van der Waals surface area contributed by atoms with Gasteiger partial charge in [0.2, 0.25) is 0 Å². The van der Waals surface area contributed by atoms with Gasteiger partial charge >= 0.3 is 12.1 Å². The van der Waals surface area contributed by atoms with Crippen molar-refractivity contribution in [3.63, 3.8) is 0 Å². The van der Waals surface area contributed by atoms with E-state index in [0.29, 0.717) is 6.42 Å². The monoisotopic (exact) mass is 484 g/mol. The predicted molar refractivity (Wildman–Crippen MR) is 126 cm³/mol. The number of hydrogen-bond donors (Lipinski definition) is 0. The average molecular weight is 485 g/mol. The third-order valence-corrected chi connectivity index (χ3v) is 10.7. The smallest absolute Gasteiger partial charge is 0.472 e. The molecule has 2 saturated carbocycles. The second kappa shape index (κ2) is 7.23. The summed E-state index contributed by atoms with van der Waals surface area (Å²) in [7, 11) is 0. The van der Waals surface area contributed by atoms with E-state index in [9.17, 15) is 14.4 Å². The van der Waals surface area contributed by atoms with Gasteiger partial charge in [-0.15, -0.1) is 0 Å². The topological polar surface area (TPSA) is 92.0 Å². The number of cyclic esters (lactones) is 1. The van der Waals surface area contributed by atoms with Crippen LogP contribution in [0, 0.1) is 33.5 Å². The van der Waals surface area contributed by atoms with Crippen molar-refractivity contribution in [2.24, 2.45) is 33.5 Å². The van der Waals surface area contributed by atoms with Crippen molar-refractivity contribution in [1.82, 2.24) is 0 Å². The van der Waals surface area contributed by atoms with Crippen LogP contribution in [-0.4, -0.2) is 29.6 Å². The second-order valence-electron chi connectivity index (χ2n) is 12.4. The largest absolute Gasteiger partial charge is 0.509 e. The number of furan rings is 1. The maximum Gasteiger partial charge on any atom is 0.509 e. The van der Waals surface area contributed by atoms with Gasteiger partial charge in [0.25, 0.3) is 0 Å². The van der Waals surface area contributed by atoms with E-state index < -0.39 is 40.2 Å². The molecule has 4 aliphatic rings. The lowest BCUT2D eigenvalue weighted by Crippen LogP contribution is -2.76. The number of ketones is 1. The zero-order valence-electron chi connectivity index (χ0n) is 21.7. The fourth-order valence-electron chi connectivity index (χ4n) is 8.58. The number of carbonyl (C=O) groups is 3. The van der Waals surface area contributed by atoms with Gasteiger partial charge in [-0.1, -0.05) is 40.7 Å². The normalized spacial score (nSPS) is 45.9. The van der Waals surface area contributed by atoms with Crippen LogP contribution in [0.2, 0.25) is 0 Å². The van der Waals surface area contributed by atoms with Crippen LogP contribution in [0.25, 0.3) is 0 Å². The highest BCUT2D eigenvalue weighted by Gasteiger charge is 2.77. The lowest BCUT2D eigenvalue weighted by molar-refractivity contribution is -0.325. The highest BCUT2D eigenvalue weighted by atomic mass is 16.8.